The molecule has 0 N–H and O–H groups in total. The normalized spacial score (nSPS) is 11.8. The van der Waals surface area contributed by atoms with Crippen molar-refractivity contribution >= 4 is 6.29 Å². The molecule has 0 saturated heterocycles. The maximum Gasteiger partial charge on any atom is 0.343 e. The summed E-state index contributed by atoms with van der Waals surface area (Å²) < 4.78 is 17.2. The summed E-state index contributed by atoms with van der Waals surface area (Å²) >= 11 is 0. The van der Waals surface area contributed by atoms with Gasteiger partial charge in [0.1, 0.15) is 0 Å². The molecule has 4 heteroatoms. The largest absolute Gasteiger partial charge is 0.343 e. The Balaban J connectivity index is 4.26. The van der Waals surface area contributed by atoms with Crippen molar-refractivity contribution in [1.29, 1.82) is 0 Å². The number of carbonyl (C=O) groups excluding carboxylic acids is 1. The van der Waals surface area contributed by atoms with Gasteiger partial charge in [-0.2, -0.15) is 0 Å². The summed E-state index contributed by atoms with van der Waals surface area (Å²) in [7, 11) is 0. The molecule has 0 spiro atoms. The molecule has 0 saturated carbocycles. The Bertz CT molecular complexity index is 232. The first-order valence-electron chi connectivity index (χ1n) is 10.1. The fourth-order valence-corrected chi connectivity index (χ4v) is 2.46. The molecule has 0 atom stereocenters. The molecule has 144 valence electrons. The van der Waals surface area contributed by atoms with E-state index in [2.05, 4.69) is 20.8 Å². The average Bonchev–Trinajstić information content (AvgIpc) is 2.60. The minimum absolute atomic E-state index is 0.503. The van der Waals surface area contributed by atoms with Crippen LogP contribution in [0.5, 0.6) is 0 Å². The zero-order valence-corrected chi connectivity index (χ0v) is 16.3. The van der Waals surface area contributed by atoms with Gasteiger partial charge >= 0.3 is 5.97 Å². The van der Waals surface area contributed by atoms with Gasteiger partial charge in [0.2, 0.25) is 6.29 Å². The van der Waals surface area contributed by atoms with E-state index in [0.29, 0.717) is 26.1 Å². The quantitative estimate of drug-likeness (QED) is 0.173. The van der Waals surface area contributed by atoms with Crippen molar-refractivity contribution in [3.8, 4) is 0 Å². The van der Waals surface area contributed by atoms with E-state index in [1.807, 2.05) is 0 Å². The number of hydrogen-bond donors (Lipinski definition) is 0. The van der Waals surface area contributed by atoms with Gasteiger partial charge in [-0.15, -0.1) is 0 Å². The van der Waals surface area contributed by atoms with Gasteiger partial charge in [-0.1, -0.05) is 78.6 Å². The molecule has 4 nitrogen and oxygen atoms in total. The minimum Gasteiger partial charge on any atom is -0.321 e. The van der Waals surface area contributed by atoms with Crippen molar-refractivity contribution in [2.45, 2.75) is 104 Å². The van der Waals surface area contributed by atoms with Gasteiger partial charge in [-0.3, -0.25) is 4.79 Å². The molecule has 0 aliphatic carbocycles. The highest BCUT2D eigenvalue weighted by Crippen LogP contribution is 2.17. The van der Waals surface area contributed by atoms with Gasteiger partial charge in [0.05, 0.1) is 19.8 Å². The first-order chi connectivity index (χ1) is 11.7. The van der Waals surface area contributed by atoms with E-state index in [1.54, 1.807) is 0 Å². The molecular weight excluding hydrogens is 304 g/mol. The first kappa shape index (κ1) is 23.5. The highest BCUT2D eigenvalue weighted by Gasteiger charge is 2.33. The topological polar surface area (TPSA) is 44.8 Å². The standard InChI is InChI=1S/C20H40O4/c1-4-7-10-13-16-22-20(19-21,23-17-14-11-8-5-2)24-18-15-12-9-6-3/h19H,4-18H2,1-3H3. The number of rotatable bonds is 19. The fraction of sp³-hybridized carbons (Fsp3) is 0.950. The lowest BCUT2D eigenvalue weighted by Crippen LogP contribution is -2.42. The van der Waals surface area contributed by atoms with Crippen LogP contribution in [0.1, 0.15) is 97.8 Å². The second kappa shape index (κ2) is 17.4. The lowest BCUT2D eigenvalue weighted by molar-refractivity contribution is -0.347. The number of unbranched alkanes of at least 4 members (excludes halogenated alkanes) is 9. The average molecular weight is 345 g/mol. The molecule has 0 bridgehead atoms. The van der Waals surface area contributed by atoms with E-state index in [-0.39, 0.29) is 0 Å². The summed E-state index contributed by atoms with van der Waals surface area (Å²) in [6.07, 6.45) is 13.9. The van der Waals surface area contributed by atoms with E-state index in [4.69, 9.17) is 14.2 Å². The summed E-state index contributed by atoms with van der Waals surface area (Å²) in [5.74, 6) is -1.50. The van der Waals surface area contributed by atoms with Gasteiger partial charge in [-0.25, -0.2) is 0 Å². The van der Waals surface area contributed by atoms with Crippen LogP contribution in [0, 0.1) is 0 Å². The van der Waals surface area contributed by atoms with E-state index >= 15 is 0 Å². The molecule has 0 aromatic rings. The molecule has 0 aliphatic heterocycles. The Labute approximate surface area is 149 Å². The molecular formula is C20H40O4. The zero-order chi connectivity index (χ0) is 17.9. The van der Waals surface area contributed by atoms with Crippen LogP contribution in [0.15, 0.2) is 0 Å². The van der Waals surface area contributed by atoms with Crippen molar-refractivity contribution in [1.82, 2.24) is 0 Å². The van der Waals surface area contributed by atoms with Crippen molar-refractivity contribution < 1.29 is 19.0 Å². The van der Waals surface area contributed by atoms with Crippen LogP contribution in [0.3, 0.4) is 0 Å². The smallest absolute Gasteiger partial charge is 0.321 e. The van der Waals surface area contributed by atoms with Crippen LogP contribution in [-0.2, 0) is 19.0 Å². The van der Waals surface area contributed by atoms with Gasteiger partial charge in [0.25, 0.3) is 0 Å². The van der Waals surface area contributed by atoms with Crippen LogP contribution in [0.25, 0.3) is 0 Å². The monoisotopic (exact) mass is 344 g/mol. The number of ether oxygens (including phenoxy) is 3. The molecule has 0 heterocycles. The molecule has 0 fully saturated rings. The van der Waals surface area contributed by atoms with Crippen LogP contribution < -0.4 is 0 Å². The zero-order valence-electron chi connectivity index (χ0n) is 16.3. The Morgan fingerprint density at radius 1 is 0.583 bits per heavy atom. The third-order valence-electron chi connectivity index (χ3n) is 4.05. The van der Waals surface area contributed by atoms with Gasteiger partial charge in [0, 0.05) is 0 Å². The minimum atomic E-state index is -1.50. The lowest BCUT2D eigenvalue weighted by atomic mass is 10.2. The predicted molar refractivity (Wildman–Crippen MR) is 99.1 cm³/mol. The van der Waals surface area contributed by atoms with Crippen LogP contribution in [-0.4, -0.2) is 32.1 Å². The first-order valence-corrected chi connectivity index (χ1v) is 10.1. The van der Waals surface area contributed by atoms with Gasteiger partial charge < -0.3 is 14.2 Å². The highest BCUT2D eigenvalue weighted by molar-refractivity contribution is 5.57. The van der Waals surface area contributed by atoms with E-state index in [0.717, 1.165) is 38.5 Å². The van der Waals surface area contributed by atoms with Crippen LogP contribution in [0.4, 0.5) is 0 Å². The third-order valence-corrected chi connectivity index (χ3v) is 4.05. The Morgan fingerprint density at radius 3 is 1.17 bits per heavy atom. The van der Waals surface area contributed by atoms with E-state index < -0.39 is 5.97 Å². The number of hydrogen-bond acceptors (Lipinski definition) is 4. The van der Waals surface area contributed by atoms with Crippen LogP contribution >= 0.6 is 0 Å². The summed E-state index contributed by atoms with van der Waals surface area (Å²) in [6.45, 7) is 8.04. The molecule has 0 aromatic carbocycles. The molecule has 0 amide bonds. The number of carbonyl (C=O) groups is 1. The second-order valence-corrected chi connectivity index (χ2v) is 6.45. The summed E-state index contributed by atoms with van der Waals surface area (Å²) in [6, 6.07) is 0. The Morgan fingerprint density at radius 2 is 0.917 bits per heavy atom. The molecule has 0 rings (SSSR count). The maximum absolute atomic E-state index is 11.6. The molecule has 0 unspecified atom stereocenters. The van der Waals surface area contributed by atoms with Crippen molar-refractivity contribution in [3.63, 3.8) is 0 Å². The van der Waals surface area contributed by atoms with Gasteiger partial charge in [0.15, 0.2) is 0 Å². The van der Waals surface area contributed by atoms with Crippen molar-refractivity contribution in [2.75, 3.05) is 19.8 Å². The fourth-order valence-electron chi connectivity index (χ4n) is 2.46. The predicted octanol–water partition coefficient (Wildman–Crippen LogP) is 5.63. The lowest BCUT2D eigenvalue weighted by Gasteiger charge is -2.28. The SMILES string of the molecule is CCCCCCOC(C=O)(OCCCCCC)OCCCCCC. The van der Waals surface area contributed by atoms with E-state index in [1.165, 1.54) is 38.5 Å². The van der Waals surface area contributed by atoms with Gasteiger partial charge in [-0.05, 0) is 19.3 Å². The van der Waals surface area contributed by atoms with Crippen LogP contribution in [0.2, 0.25) is 0 Å². The molecule has 0 radical (unpaired) electrons. The maximum atomic E-state index is 11.6. The summed E-state index contributed by atoms with van der Waals surface area (Å²) in [5.41, 5.74) is 0. The molecule has 24 heavy (non-hydrogen) atoms. The summed E-state index contributed by atoms with van der Waals surface area (Å²) in [5, 5.41) is 0. The second-order valence-electron chi connectivity index (χ2n) is 6.45. The third kappa shape index (κ3) is 12.9. The van der Waals surface area contributed by atoms with Crippen molar-refractivity contribution in [2.24, 2.45) is 0 Å². The number of aldehydes is 1. The molecule has 0 aliphatic rings. The summed E-state index contributed by atoms with van der Waals surface area (Å²) in [4.78, 5) is 11.6. The Hall–Kier alpha value is -0.450. The van der Waals surface area contributed by atoms with E-state index in [9.17, 15) is 4.79 Å². The highest BCUT2D eigenvalue weighted by atomic mass is 16.9. The van der Waals surface area contributed by atoms with Crippen molar-refractivity contribution in [3.05, 3.63) is 0 Å². The molecule has 0 aromatic heterocycles. The Kier molecular flexibility index (Phi) is 17.0.